The van der Waals surface area contributed by atoms with Gasteiger partial charge in [0.05, 0.1) is 12.7 Å². The average Bonchev–Trinajstić information content (AvgIpc) is 3.26. The predicted molar refractivity (Wildman–Crippen MR) is 95.4 cm³/mol. The summed E-state index contributed by atoms with van der Waals surface area (Å²) >= 11 is 1.77. The standard InChI is InChI=1S/C18H23N3O2S/c1-14(10-17-5-3-9-24-17)11-20-18(22)21-8-6-16(13-21)23-15-4-2-7-19-12-15/h2-5,7,9,12,14,16H,6,8,10-11,13H2,1H3,(H,20,22). The maximum Gasteiger partial charge on any atom is 0.317 e. The first-order chi connectivity index (χ1) is 11.7. The predicted octanol–water partition coefficient (Wildman–Crippen LogP) is 3.18. The van der Waals surface area contributed by atoms with Crippen LogP contribution in [0.2, 0.25) is 0 Å². The van der Waals surface area contributed by atoms with Gasteiger partial charge in [0.15, 0.2) is 0 Å². The molecule has 0 aromatic carbocycles. The fourth-order valence-electron chi connectivity index (χ4n) is 2.84. The lowest BCUT2D eigenvalue weighted by Crippen LogP contribution is -2.41. The van der Waals surface area contributed by atoms with E-state index < -0.39 is 0 Å². The van der Waals surface area contributed by atoms with Crippen molar-refractivity contribution in [2.24, 2.45) is 5.92 Å². The summed E-state index contributed by atoms with van der Waals surface area (Å²) in [6.45, 7) is 4.22. The number of pyridine rings is 1. The fourth-order valence-corrected chi connectivity index (χ4v) is 3.71. The number of nitrogens with one attached hydrogen (secondary N) is 1. The summed E-state index contributed by atoms with van der Waals surface area (Å²) in [5.74, 6) is 1.19. The first-order valence-corrected chi connectivity index (χ1v) is 9.20. The molecule has 2 unspecified atom stereocenters. The Morgan fingerprint density at radius 1 is 1.50 bits per heavy atom. The Kier molecular flexibility index (Phi) is 5.69. The second-order valence-corrected chi connectivity index (χ2v) is 7.27. The van der Waals surface area contributed by atoms with Crippen molar-refractivity contribution in [1.82, 2.24) is 15.2 Å². The Labute approximate surface area is 146 Å². The first-order valence-electron chi connectivity index (χ1n) is 8.32. The number of likely N-dealkylation sites (tertiary alicyclic amines) is 1. The molecular weight excluding hydrogens is 322 g/mol. The number of ether oxygens (including phenoxy) is 1. The number of nitrogens with zero attached hydrogens (tertiary/aromatic N) is 2. The lowest BCUT2D eigenvalue weighted by atomic mass is 10.1. The van der Waals surface area contributed by atoms with Crippen LogP contribution in [-0.2, 0) is 6.42 Å². The highest BCUT2D eigenvalue weighted by atomic mass is 32.1. The molecule has 128 valence electrons. The quantitative estimate of drug-likeness (QED) is 0.875. The zero-order chi connectivity index (χ0) is 16.8. The number of rotatable bonds is 6. The van der Waals surface area contributed by atoms with E-state index in [1.165, 1.54) is 4.88 Å². The molecule has 2 amide bonds. The summed E-state index contributed by atoms with van der Waals surface area (Å²) in [6, 6.07) is 7.96. The summed E-state index contributed by atoms with van der Waals surface area (Å²) in [5, 5.41) is 5.14. The van der Waals surface area contributed by atoms with E-state index in [9.17, 15) is 4.79 Å². The van der Waals surface area contributed by atoms with Crippen molar-refractivity contribution in [3.63, 3.8) is 0 Å². The van der Waals surface area contributed by atoms with Crippen molar-refractivity contribution in [1.29, 1.82) is 0 Å². The summed E-state index contributed by atoms with van der Waals surface area (Å²) in [6.07, 6.45) is 5.33. The van der Waals surface area contributed by atoms with E-state index in [-0.39, 0.29) is 12.1 Å². The topological polar surface area (TPSA) is 54.5 Å². The van der Waals surface area contributed by atoms with Gasteiger partial charge in [-0.15, -0.1) is 11.3 Å². The minimum Gasteiger partial charge on any atom is -0.487 e. The normalized spacial score (nSPS) is 18.4. The van der Waals surface area contributed by atoms with Gasteiger partial charge in [-0.1, -0.05) is 13.0 Å². The molecule has 2 atom stereocenters. The van der Waals surface area contributed by atoms with Gasteiger partial charge in [0, 0.05) is 30.6 Å². The Hall–Kier alpha value is -2.08. The molecule has 1 aliphatic rings. The van der Waals surface area contributed by atoms with Crippen molar-refractivity contribution >= 4 is 17.4 Å². The van der Waals surface area contributed by atoms with Crippen molar-refractivity contribution < 1.29 is 9.53 Å². The number of hydrogen-bond donors (Lipinski definition) is 1. The molecule has 0 aliphatic carbocycles. The molecule has 0 spiro atoms. The van der Waals surface area contributed by atoms with Gasteiger partial charge in [-0.25, -0.2) is 4.79 Å². The van der Waals surface area contributed by atoms with Crippen LogP contribution in [0.15, 0.2) is 42.0 Å². The fraction of sp³-hybridized carbons (Fsp3) is 0.444. The van der Waals surface area contributed by atoms with E-state index in [1.54, 1.807) is 23.7 Å². The molecule has 2 aromatic heterocycles. The molecule has 1 fully saturated rings. The average molecular weight is 345 g/mol. The van der Waals surface area contributed by atoms with E-state index in [2.05, 4.69) is 34.7 Å². The number of thiophene rings is 1. The lowest BCUT2D eigenvalue weighted by molar-refractivity contribution is 0.185. The molecule has 1 aliphatic heterocycles. The first kappa shape index (κ1) is 16.8. The minimum atomic E-state index is 0.00492. The van der Waals surface area contributed by atoms with Crippen LogP contribution in [0.3, 0.4) is 0 Å². The highest BCUT2D eigenvalue weighted by Gasteiger charge is 2.27. The molecule has 5 nitrogen and oxygen atoms in total. The second kappa shape index (κ2) is 8.15. The molecular formula is C18H23N3O2S. The molecule has 0 saturated carbocycles. The largest absolute Gasteiger partial charge is 0.487 e. The molecule has 2 aromatic rings. The van der Waals surface area contributed by atoms with Crippen LogP contribution in [0.4, 0.5) is 4.79 Å². The third-order valence-electron chi connectivity index (χ3n) is 4.10. The Balaban J connectivity index is 1.39. The van der Waals surface area contributed by atoms with Crippen LogP contribution in [0, 0.1) is 5.92 Å². The third kappa shape index (κ3) is 4.71. The Morgan fingerprint density at radius 2 is 2.42 bits per heavy atom. The van der Waals surface area contributed by atoms with Gasteiger partial charge < -0.3 is 15.0 Å². The van der Waals surface area contributed by atoms with E-state index in [0.717, 1.165) is 25.1 Å². The number of amides is 2. The van der Waals surface area contributed by atoms with Crippen LogP contribution in [0.25, 0.3) is 0 Å². The van der Waals surface area contributed by atoms with Gasteiger partial charge in [0.2, 0.25) is 0 Å². The van der Waals surface area contributed by atoms with Gasteiger partial charge in [0.1, 0.15) is 11.9 Å². The van der Waals surface area contributed by atoms with Gasteiger partial charge in [-0.3, -0.25) is 4.98 Å². The maximum atomic E-state index is 12.3. The van der Waals surface area contributed by atoms with Gasteiger partial charge in [-0.2, -0.15) is 0 Å². The van der Waals surface area contributed by atoms with Crippen molar-refractivity contribution in [2.45, 2.75) is 25.9 Å². The van der Waals surface area contributed by atoms with E-state index >= 15 is 0 Å². The van der Waals surface area contributed by atoms with Crippen molar-refractivity contribution in [3.05, 3.63) is 46.9 Å². The van der Waals surface area contributed by atoms with Crippen molar-refractivity contribution in [2.75, 3.05) is 19.6 Å². The zero-order valence-electron chi connectivity index (χ0n) is 13.9. The molecule has 6 heteroatoms. The van der Waals surface area contributed by atoms with Crippen LogP contribution < -0.4 is 10.1 Å². The maximum absolute atomic E-state index is 12.3. The molecule has 24 heavy (non-hydrogen) atoms. The van der Waals surface area contributed by atoms with Crippen molar-refractivity contribution in [3.8, 4) is 5.75 Å². The summed E-state index contributed by atoms with van der Waals surface area (Å²) < 4.78 is 5.87. The van der Waals surface area contributed by atoms with Gasteiger partial charge >= 0.3 is 6.03 Å². The highest BCUT2D eigenvalue weighted by molar-refractivity contribution is 7.09. The number of urea groups is 1. The number of aromatic nitrogens is 1. The van der Waals surface area contributed by atoms with E-state index in [4.69, 9.17) is 4.74 Å². The monoisotopic (exact) mass is 345 g/mol. The molecule has 1 N–H and O–H groups in total. The second-order valence-electron chi connectivity index (χ2n) is 6.24. The minimum absolute atomic E-state index is 0.00492. The summed E-state index contributed by atoms with van der Waals surface area (Å²) in [5.41, 5.74) is 0. The number of carbonyl (C=O) groups is 1. The molecule has 0 radical (unpaired) electrons. The van der Waals surface area contributed by atoms with Gasteiger partial charge in [-0.05, 0) is 35.9 Å². The Morgan fingerprint density at radius 3 is 3.17 bits per heavy atom. The number of hydrogen-bond acceptors (Lipinski definition) is 4. The van der Waals surface area contributed by atoms with E-state index in [1.807, 2.05) is 17.0 Å². The van der Waals surface area contributed by atoms with Crippen LogP contribution >= 0.6 is 11.3 Å². The van der Waals surface area contributed by atoms with Crippen LogP contribution in [0.5, 0.6) is 5.75 Å². The van der Waals surface area contributed by atoms with Crippen LogP contribution in [-0.4, -0.2) is 41.7 Å². The summed E-state index contributed by atoms with van der Waals surface area (Å²) in [7, 11) is 0. The third-order valence-corrected chi connectivity index (χ3v) is 5.00. The highest BCUT2D eigenvalue weighted by Crippen LogP contribution is 2.18. The smallest absolute Gasteiger partial charge is 0.317 e. The zero-order valence-corrected chi connectivity index (χ0v) is 14.7. The molecule has 3 heterocycles. The number of carbonyl (C=O) groups excluding carboxylic acids is 1. The van der Waals surface area contributed by atoms with Crippen LogP contribution in [0.1, 0.15) is 18.2 Å². The molecule has 1 saturated heterocycles. The molecule has 3 rings (SSSR count). The Bertz CT molecular complexity index is 633. The summed E-state index contributed by atoms with van der Waals surface area (Å²) in [4.78, 5) is 19.5. The van der Waals surface area contributed by atoms with Gasteiger partial charge in [0.25, 0.3) is 0 Å². The van der Waals surface area contributed by atoms with E-state index in [0.29, 0.717) is 19.0 Å². The lowest BCUT2D eigenvalue weighted by Gasteiger charge is -2.19. The molecule has 0 bridgehead atoms. The SMILES string of the molecule is CC(CNC(=O)N1CCC(Oc2cccnc2)C1)Cc1cccs1.